The second-order valence-corrected chi connectivity index (χ2v) is 5.03. The molecule has 0 unspecified atom stereocenters. The van der Waals surface area contributed by atoms with Gasteiger partial charge in [-0.3, -0.25) is 0 Å². The minimum Gasteiger partial charge on any atom is -0.233 e. The van der Waals surface area contributed by atoms with Crippen LogP contribution in [0.25, 0.3) is 11.3 Å². The van der Waals surface area contributed by atoms with Gasteiger partial charge in [0.1, 0.15) is 16.2 Å². The van der Waals surface area contributed by atoms with Crippen LogP contribution >= 0.6 is 15.9 Å². The Hall–Kier alpha value is -1.29. The van der Waals surface area contributed by atoms with Gasteiger partial charge >= 0.3 is 0 Å². The van der Waals surface area contributed by atoms with Crippen LogP contribution in [0, 0.1) is 5.82 Å². The topological polar surface area (TPSA) is 25.8 Å². The largest absolute Gasteiger partial charge is 0.233 e. The Kier molecular flexibility index (Phi) is 2.67. The Bertz CT molecular complexity index is 550. The van der Waals surface area contributed by atoms with E-state index in [0.29, 0.717) is 5.92 Å². The van der Waals surface area contributed by atoms with E-state index in [1.54, 1.807) is 12.1 Å². The van der Waals surface area contributed by atoms with E-state index in [1.165, 1.54) is 25.0 Å². The van der Waals surface area contributed by atoms with Crippen molar-refractivity contribution in [2.45, 2.75) is 18.8 Å². The average Bonchev–Trinajstić information content (AvgIpc) is 3.13. The van der Waals surface area contributed by atoms with Crippen molar-refractivity contribution in [3.63, 3.8) is 0 Å². The molecule has 1 aromatic carbocycles. The summed E-state index contributed by atoms with van der Waals surface area (Å²) in [5.74, 6) is 1.16. The lowest BCUT2D eigenvalue weighted by molar-refractivity contribution is 0.628. The van der Waals surface area contributed by atoms with Crippen LogP contribution in [-0.2, 0) is 0 Å². The van der Waals surface area contributed by atoms with E-state index in [0.717, 1.165) is 21.7 Å². The lowest BCUT2D eigenvalue weighted by atomic mass is 10.1. The van der Waals surface area contributed by atoms with E-state index in [4.69, 9.17) is 0 Å². The molecule has 1 heterocycles. The second-order valence-electron chi connectivity index (χ2n) is 4.22. The molecule has 0 aliphatic heterocycles. The van der Waals surface area contributed by atoms with Gasteiger partial charge in [-0.25, -0.2) is 14.4 Å². The lowest BCUT2D eigenvalue weighted by Gasteiger charge is -2.04. The molecule has 0 amide bonds. The molecule has 2 nitrogen and oxygen atoms in total. The molecule has 4 heteroatoms. The average molecular weight is 293 g/mol. The molecule has 0 radical (unpaired) electrons. The van der Waals surface area contributed by atoms with Crippen molar-refractivity contribution in [3.8, 4) is 11.3 Å². The maximum absolute atomic E-state index is 12.9. The third-order valence-electron chi connectivity index (χ3n) is 2.79. The molecule has 17 heavy (non-hydrogen) atoms. The maximum atomic E-state index is 12.9. The standard InChI is InChI=1S/C13H10BrFN2/c14-12-7-11(8-3-5-10(15)6-4-8)16-13(17-12)9-1-2-9/h3-7,9H,1-2H2. The Balaban J connectivity index is 2.04. The normalized spacial score (nSPS) is 14.9. The maximum Gasteiger partial charge on any atom is 0.133 e. The monoisotopic (exact) mass is 292 g/mol. The summed E-state index contributed by atoms with van der Waals surface area (Å²) in [5, 5.41) is 0. The van der Waals surface area contributed by atoms with Crippen molar-refractivity contribution in [1.29, 1.82) is 0 Å². The summed E-state index contributed by atoms with van der Waals surface area (Å²) >= 11 is 3.40. The molecule has 1 aliphatic carbocycles. The minimum absolute atomic E-state index is 0.232. The molecular weight excluding hydrogens is 283 g/mol. The van der Waals surface area contributed by atoms with Gasteiger partial charge in [0.15, 0.2) is 0 Å². The molecule has 3 rings (SSSR count). The van der Waals surface area contributed by atoms with Crippen molar-refractivity contribution in [2.75, 3.05) is 0 Å². The van der Waals surface area contributed by atoms with Crippen LogP contribution < -0.4 is 0 Å². The van der Waals surface area contributed by atoms with Crippen molar-refractivity contribution in [3.05, 3.63) is 46.6 Å². The molecule has 2 aromatic rings. The fraction of sp³-hybridized carbons (Fsp3) is 0.231. The molecule has 0 saturated heterocycles. The van der Waals surface area contributed by atoms with Crippen molar-refractivity contribution in [1.82, 2.24) is 9.97 Å². The van der Waals surface area contributed by atoms with E-state index in [9.17, 15) is 4.39 Å². The number of aromatic nitrogens is 2. The van der Waals surface area contributed by atoms with Crippen LogP contribution in [0.3, 0.4) is 0 Å². The second kappa shape index (κ2) is 4.18. The highest BCUT2D eigenvalue weighted by molar-refractivity contribution is 9.10. The molecule has 0 bridgehead atoms. The first-order chi connectivity index (χ1) is 8.22. The SMILES string of the molecule is Fc1ccc(-c2cc(Br)nc(C3CC3)n2)cc1. The third kappa shape index (κ3) is 2.36. The summed E-state index contributed by atoms with van der Waals surface area (Å²) in [6, 6.07) is 8.23. The Labute approximate surface area is 107 Å². The Morgan fingerprint density at radius 3 is 2.47 bits per heavy atom. The highest BCUT2D eigenvalue weighted by Gasteiger charge is 2.27. The van der Waals surface area contributed by atoms with Crippen molar-refractivity contribution >= 4 is 15.9 Å². The van der Waals surface area contributed by atoms with Gasteiger partial charge in [0.05, 0.1) is 5.69 Å². The molecule has 86 valence electrons. The highest BCUT2D eigenvalue weighted by atomic mass is 79.9. The van der Waals surface area contributed by atoms with Gasteiger partial charge in [0, 0.05) is 11.5 Å². The molecule has 0 atom stereocenters. The molecule has 0 N–H and O–H groups in total. The zero-order chi connectivity index (χ0) is 11.8. The van der Waals surface area contributed by atoms with Crippen LogP contribution in [0.2, 0.25) is 0 Å². The summed E-state index contributed by atoms with van der Waals surface area (Å²) < 4.78 is 13.6. The first-order valence-electron chi connectivity index (χ1n) is 5.53. The molecular formula is C13H10BrFN2. The van der Waals surface area contributed by atoms with Gasteiger partial charge in [0.25, 0.3) is 0 Å². The predicted molar refractivity (Wildman–Crippen MR) is 67.1 cm³/mol. The fourth-order valence-electron chi connectivity index (χ4n) is 1.73. The van der Waals surface area contributed by atoms with E-state index in [2.05, 4.69) is 25.9 Å². The van der Waals surface area contributed by atoms with Crippen LogP contribution in [-0.4, -0.2) is 9.97 Å². The van der Waals surface area contributed by atoms with E-state index in [1.807, 2.05) is 6.07 Å². The lowest BCUT2D eigenvalue weighted by Crippen LogP contribution is -1.95. The molecule has 0 spiro atoms. The summed E-state index contributed by atoms with van der Waals surface area (Å²) in [7, 11) is 0. The van der Waals surface area contributed by atoms with Crippen LogP contribution in [0.5, 0.6) is 0 Å². The van der Waals surface area contributed by atoms with E-state index in [-0.39, 0.29) is 5.82 Å². The smallest absolute Gasteiger partial charge is 0.133 e. The molecule has 1 aromatic heterocycles. The summed E-state index contributed by atoms with van der Waals surface area (Å²) in [4.78, 5) is 8.90. The van der Waals surface area contributed by atoms with Crippen LogP contribution in [0.15, 0.2) is 34.9 Å². The predicted octanol–water partition coefficient (Wildman–Crippen LogP) is 3.92. The van der Waals surface area contributed by atoms with E-state index >= 15 is 0 Å². The zero-order valence-electron chi connectivity index (χ0n) is 9.03. The number of benzene rings is 1. The number of halogens is 2. The summed E-state index contributed by atoms with van der Waals surface area (Å²) in [6.07, 6.45) is 2.33. The van der Waals surface area contributed by atoms with Gasteiger partial charge in [0.2, 0.25) is 0 Å². The van der Waals surface area contributed by atoms with Crippen molar-refractivity contribution in [2.24, 2.45) is 0 Å². The summed E-state index contributed by atoms with van der Waals surface area (Å²) in [5.41, 5.74) is 1.75. The molecule has 1 saturated carbocycles. The third-order valence-corrected chi connectivity index (χ3v) is 3.20. The molecule has 1 aliphatic rings. The van der Waals surface area contributed by atoms with Gasteiger partial charge < -0.3 is 0 Å². The van der Waals surface area contributed by atoms with Gasteiger partial charge in [-0.05, 0) is 59.1 Å². The number of nitrogens with zero attached hydrogens (tertiary/aromatic N) is 2. The van der Waals surface area contributed by atoms with Gasteiger partial charge in [-0.15, -0.1) is 0 Å². The summed E-state index contributed by atoms with van der Waals surface area (Å²) in [6.45, 7) is 0. The van der Waals surface area contributed by atoms with Crippen molar-refractivity contribution < 1.29 is 4.39 Å². The van der Waals surface area contributed by atoms with Crippen LogP contribution in [0.4, 0.5) is 4.39 Å². The van der Waals surface area contributed by atoms with Gasteiger partial charge in [-0.1, -0.05) is 0 Å². The highest BCUT2D eigenvalue weighted by Crippen LogP contribution is 2.39. The Morgan fingerprint density at radius 2 is 1.82 bits per heavy atom. The first kappa shape index (κ1) is 10.8. The Morgan fingerprint density at radius 1 is 1.12 bits per heavy atom. The fourth-order valence-corrected chi connectivity index (χ4v) is 2.13. The zero-order valence-corrected chi connectivity index (χ0v) is 10.6. The number of rotatable bonds is 2. The van der Waals surface area contributed by atoms with Crippen LogP contribution in [0.1, 0.15) is 24.6 Å². The quantitative estimate of drug-likeness (QED) is 0.784. The number of hydrogen-bond acceptors (Lipinski definition) is 2. The number of hydrogen-bond donors (Lipinski definition) is 0. The first-order valence-corrected chi connectivity index (χ1v) is 6.32. The molecule has 1 fully saturated rings. The van der Waals surface area contributed by atoms with E-state index < -0.39 is 0 Å². The van der Waals surface area contributed by atoms with Gasteiger partial charge in [-0.2, -0.15) is 0 Å². The minimum atomic E-state index is -0.232.